The zero-order valence-corrected chi connectivity index (χ0v) is 17.6. The Morgan fingerprint density at radius 2 is 1.69 bits per heavy atom. The highest BCUT2D eigenvalue weighted by atomic mass is 32.2. The number of thioether (sulfide) groups is 1. The molecule has 144 valence electrons. The van der Waals surface area contributed by atoms with Crippen molar-refractivity contribution in [1.29, 1.82) is 0 Å². The molecule has 0 bridgehead atoms. The molecular formula is C24H20N2OS2. The summed E-state index contributed by atoms with van der Waals surface area (Å²) in [6, 6.07) is 25.8. The van der Waals surface area contributed by atoms with Gasteiger partial charge >= 0.3 is 0 Å². The van der Waals surface area contributed by atoms with Gasteiger partial charge in [0.1, 0.15) is 0 Å². The number of thiazole rings is 1. The number of carbonyl (C=O) groups excluding carboxylic acids is 1. The quantitative estimate of drug-likeness (QED) is 0.357. The van der Waals surface area contributed by atoms with Crippen LogP contribution in [-0.4, -0.2) is 10.9 Å². The maximum atomic E-state index is 12.5. The predicted molar refractivity (Wildman–Crippen MR) is 123 cm³/mol. The van der Waals surface area contributed by atoms with Crippen LogP contribution in [-0.2, 0) is 5.75 Å². The van der Waals surface area contributed by atoms with Gasteiger partial charge in [0, 0.05) is 27.9 Å². The van der Waals surface area contributed by atoms with Gasteiger partial charge < -0.3 is 5.32 Å². The van der Waals surface area contributed by atoms with Crippen LogP contribution in [0.25, 0.3) is 11.3 Å². The third-order valence-electron chi connectivity index (χ3n) is 4.52. The first-order chi connectivity index (χ1) is 14.2. The summed E-state index contributed by atoms with van der Waals surface area (Å²) in [7, 11) is 0. The molecule has 0 spiro atoms. The van der Waals surface area contributed by atoms with Crippen molar-refractivity contribution in [1.82, 2.24) is 4.98 Å². The van der Waals surface area contributed by atoms with E-state index in [1.165, 1.54) is 5.56 Å². The molecule has 0 radical (unpaired) electrons. The van der Waals surface area contributed by atoms with Gasteiger partial charge in [0.25, 0.3) is 5.91 Å². The Hall–Kier alpha value is -2.89. The highest BCUT2D eigenvalue weighted by Crippen LogP contribution is 2.30. The van der Waals surface area contributed by atoms with Crippen LogP contribution in [0.15, 0.2) is 88.6 Å². The smallest absolute Gasteiger partial charge is 0.255 e. The number of para-hydroxylation sites is 1. The molecule has 0 saturated carbocycles. The van der Waals surface area contributed by atoms with Crippen molar-refractivity contribution in [2.75, 3.05) is 5.32 Å². The van der Waals surface area contributed by atoms with E-state index >= 15 is 0 Å². The van der Waals surface area contributed by atoms with E-state index in [0.717, 1.165) is 32.6 Å². The molecule has 0 unspecified atom stereocenters. The molecule has 1 amide bonds. The number of anilines is 1. The summed E-state index contributed by atoms with van der Waals surface area (Å²) in [6.07, 6.45) is 0. The van der Waals surface area contributed by atoms with Crippen LogP contribution >= 0.6 is 23.1 Å². The maximum Gasteiger partial charge on any atom is 0.255 e. The maximum absolute atomic E-state index is 12.5. The van der Waals surface area contributed by atoms with E-state index < -0.39 is 0 Å². The van der Waals surface area contributed by atoms with E-state index in [9.17, 15) is 4.79 Å². The highest BCUT2D eigenvalue weighted by molar-refractivity contribution is 8.00. The Kier molecular flexibility index (Phi) is 6.08. The SMILES string of the molecule is Cc1ccccc1NC(=O)c1ccc(CSc2nc(-c3ccccc3)cs2)cc1. The van der Waals surface area contributed by atoms with Crippen molar-refractivity contribution in [3.05, 3.63) is 101 Å². The normalized spacial score (nSPS) is 10.7. The number of carbonyl (C=O) groups is 1. The van der Waals surface area contributed by atoms with Crippen LogP contribution in [0.5, 0.6) is 0 Å². The van der Waals surface area contributed by atoms with Gasteiger partial charge in [-0.15, -0.1) is 11.3 Å². The number of hydrogen-bond donors (Lipinski definition) is 1. The second kappa shape index (κ2) is 9.07. The fraction of sp³-hybridized carbons (Fsp3) is 0.0833. The second-order valence-electron chi connectivity index (χ2n) is 6.62. The van der Waals surface area contributed by atoms with E-state index in [2.05, 4.69) is 22.8 Å². The van der Waals surface area contributed by atoms with Gasteiger partial charge in [0.05, 0.1) is 5.69 Å². The summed E-state index contributed by atoms with van der Waals surface area (Å²) in [5, 5.41) is 5.06. The first-order valence-corrected chi connectivity index (χ1v) is 11.2. The number of benzene rings is 3. The minimum absolute atomic E-state index is 0.0917. The minimum atomic E-state index is -0.0917. The molecule has 0 aliphatic heterocycles. The largest absolute Gasteiger partial charge is 0.322 e. The van der Waals surface area contributed by atoms with Gasteiger partial charge in [-0.3, -0.25) is 4.79 Å². The van der Waals surface area contributed by atoms with Gasteiger partial charge in [0.15, 0.2) is 4.34 Å². The van der Waals surface area contributed by atoms with E-state index in [4.69, 9.17) is 4.98 Å². The first kappa shape index (κ1) is 19.4. The molecule has 0 saturated heterocycles. The Labute approximate surface area is 178 Å². The van der Waals surface area contributed by atoms with E-state index in [1.807, 2.05) is 73.7 Å². The average Bonchev–Trinajstić information content (AvgIpc) is 3.24. The van der Waals surface area contributed by atoms with Crippen molar-refractivity contribution < 1.29 is 4.79 Å². The van der Waals surface area contributed by atoms with E-state index in [1.54, 1.807) is 23.1 Å². The van der Waals surface area contributed by atoms with Crippen LogP contribution in [0.2, 0.25) is 0 Å². The Balaban J connectivity index is 1.36. The Bertz CT molecular complexity index is 1110. The molecule has 5 heteroatoms. The van der Waals surface area contributed by atoms with Crippen LogP contribution < -0.4 is 5.32 Å². The predicted octanol–water partition coefficient (Wildman–Crippen LogP) is 6.66. The summed E-state index contributed by atoms with van der Waals surface area (Å²) in [4.78, 5) is 17.2. The van der Waals surface area contributed by atoms with Gasteiger partial charge in [-0.05, 0) is 36.2 Å². The average molecular weight is 417 g/mol. The van der Waals surface area contributed by atoms with Crippen molar-refractivity contribution >= 4 is 34.7 Å². The number of nitrogens with zero attached hydrogens (tertiary/aromatic N) is 1. The van der Waals surface area contributed by atoms with Crippen molar-refractivity contribution in [3.63, 3.8) is 0 Å². The first-order valence-electron chi connectivity index (χ1n) is 9.29. The van der Waals surface area contributed by atoms with Crippen LogP contribution in [0.3, 0.4) is 0 Å². The number of nitrogens with one attached hydrogen (secondary N) is 1. The van der Waals surface area contributed by atoms with Gasteiger partial charge in [-0.1, -0.05) is 72.4 Å². The zero-order valence-electron chi connectivity index (χ0n) is 16.0. The summed E-state index contributed by atoms with van der Waals surface area (Å²) in [6.45, 7) is 1.98. The van der Waals surface area contributed by atoms with Crippen LogP contribution in [0.1, 0.15) is 21.5 Å². The lowest BCUT2D eigenvalue weighted by atomic mass is 10.1. The third kappa shape index (κ3) is 4.94. The molecule has 1 aromatic heterocycles. The number of rotatable bonds is 6. The lowest BCUT2D eigenvalue weighted by molar-refractivity contribution is 0.102. The van der Waals surface area contributed by atoms with Crippen LogP contribution in [0.4, 0.5) is 5.69 Å². The lowest BCUT2D eigenvalue weighted by Crippen LogP contribution is -2.12. The van der Waals surface area contributed by atoms with Gasteiger partial charge in [0.2, 0.25) is 0 Å². The van der Waals surface area contributed by atoms with Gasteiger partial charge in [-0.2, -0.15) is 0 Å². The lowest BCUT2D eigenvalue weighted by Gasteiger charge is -2.08. The van der Waals surface area contributed by atoms with Crippen molar-refractivity contribution in [2.24, 2.45) is 0 Å². The monoisotopic (exact) mass is 416 g/mol. The standard InChI is InChI=1S/C24H20N2OS2/c1-17-7-5-6-10-21(17)25-23(27)20-13-11-18(12-14-20)15-28-24-26-22(16-29-24)19-8-3-2-4-9-19/h2-14,16H,15H2,1H3,(H,25,27). The summed E-state index contributed by atoms with van der Waals surface area (Å²) >= 11 is 3.38. The molecule has 4 rings (SSSR count). The summed E-state index contributed by atoms with van der Waals surface area (Å²) in [5.74, 6) is 0.729. The van der Waals surface area contributed by atoms with Crippen molar-refractivity contribution in [3.8, 4) is 11.3 Å². The molecule has 0 aliphatic rings. The number of amides is 1. The third-order valence-corrected chi connectivity index (χ3v) is 6.62. The van der Waals surface area contributed by atoms with E-state index in [-0.39, 0.29) is 5.91 Å². The fourth-order valence-corrected chi connectivity index (χ4v) is 4.66. The fourth-order valence-electron chi connectivity index (χ4n) is 2.87. The molecule has 1 N–H and O–H groups in total. The zero-order chi connectivity index (χ0) is 20.1. The molecule has 3 aromatic carbocycles. The molecular weight excluding hydrogens is 396 g/mol. The topological polar surface area (TPSA) is 42.0 Å². The highest BCUT2D eigenvalue weighted by Gasteiger charge is 2.09. The van der Waals surface area contributed by atoms with Crippen LogP contribution in [0, 0.1) is 6.92 Å². The van der Waals surface area contributed by atoms with Gasteiger partial charge in [-0.25, -0.2) is 4.98 Å². The molecule has 0 fully saturated rings. The Morgan fingerprint density at radius 1 is 0.966 bits per heavy atom. The molecule has 1 heterocycles. The second-order valence-corrected chi connectivity index (χ2v) is 8.70. The number of aryl methyl sites for hydroxylation is 1. The molecule has 0 aliphatic carbocycles. The van der Waals surface area contributed by atoms with Crippen molar-refractivity contribution in [2.45, 2.75) is 17.0 Å². The Morgan fingerprint density at radius 3 is 2.45 bits per heavy atom. The summed E-state index contributed by atoms with van der Waals surface area (Å²) in [5.41, 5.74) is 5.87. The molecule has 29 heavy (non-hydrogen) atoms. The summed E-state index contributed by atoms with van der Waals surface area (Å²) < 4.78 is 1.05. The number of hydrogen-bond acceptors (Lipinski definition) is 4. The number of aromatic nitrogens is 1. The molecule has 3 nitrogen and oxygen atoms in total. The molecule has 0 atom stereocenters. The minimum Gasteiger partial charge on any atom is -0.322 e. The van der Waals surface area contributed by atoms with E-state index in [0.29, 0.717) is 5.56 Å². The molecule has 4 aromatic rings.